The van der Waals surface area contributed by atoms with E-state index in [4.69, 9.17) is 9.26 Å². The monoisotopic (exact) mass is 460 g/mol. The number of fused-ring (bicyclic) bond motifs is 1. The van der Waals surface area contributed by atoms with Gasteiger partial charge >= 0.3 is 0 Å². The van der Waals surface area contributed by atoms with E-state index in [1.165, 1.54) is 35.6 Å². The first-order chi connectivity index (χ1) is 15.4. The normalized spacial score (nSPS) is 13.6. The van der Waals surface area contributed by atoms with Crippen LogP contribution in [0.3, 0.4) is 0 Å². The van der Waals surface area contributed by atoms with Gasteiger partial charge in [0.15, 0.2) is 28.4 Å². The van der Waals surface area contributed by atoms with E-state index in [-0.39, 0.29) is 40.2 Å². The highest BCUT2D eigenvalue weighted by Gasteiger charge is 2.29. The lowest BCUT2D eigenvalue weighted by Crippen LogP contribution is -2.22. The molecule has 0 saturated heterocycles. The van der Waals surface area contributed by atoms with Gasteiger partial charge in [0.25, 0.3) is 5.56 Å². The number of benzene rings is 2. The third kappa shape index (κ3) is 3.72. The highest BCUT2D eigenvalue weighted by Crippen LogP contribution is 2.37. The van der Waals surface area contributed by atoms with Gasteiger partial charge in [0.2, 0.25) is 11.7 Å². The number of thioether (sulfide) groups is 1. The van der Waals surface area contributed by atoms with Crippen LogP contribution >= 0.6 is 11.8 Å². The zero-order chi connectivity index (χ0) is 22.4. The van der Waals surface area contributed by atoms with Crippen LogP contribution in [-0.2, 0) is 5.75 Å². The summed E-state index contributed by atoms with van der Waals surface area (Å²) < 4.78 is 52.9. The van der Waals surface area contributed by atoms with Gasteiger partial charge in [0.1, 0.15) is 0 Å². The second kappa shape index (κ2) is 7.97. The zero-order valence-electron chi connectivity index (χ0n) is 16.6. The molecule has 0 N–H and O–H groups in total. The fraction of sp³-hybridized carbons (Fsp3) is 0.238. The summed E-state index contributed by atoms with van der Waals surface area (Å²) >= 11 is 1.17. The molecule has 2 aromatic carbocycles. The van der Waals surface area contributed by atoms with Crippen LogP contribution in [0.25, 0.3) is 22.3 Å². The molecule has 0 amide bonds. The standard InChI is InChI=1S/C21H15F3N4O3S/c1-30-17-5-2-10(6-15(17)24)19-26-18(31-27-19)9-32-21-25-16-8-14(23)13(22)7-12(16)20(29)28(21)11-3-4-11/h2,5-8,11H,3-4,9H2,1H3. The molecule has 164 valence electrons. The van der Waals surface area contributed by atoms with E-state index in [0.29, 0.717) is 10.7 Å². The smallest absolute Gasteiger partial charge is 0.262 e. The summed E-state index contributed by atoms with van der Waals surface area (Å²) in [7, 11) is 1.37. The number of hydrogen-bond donors (Lipinski definition) is 0. The largest absolute Gasteiger partial charge is 0.494 e. The van der Waals surface area contributed by atoms with Gasteiger partial charge in [0.05, 0.1) is 23.8 Å². The molecule has 4 aromatic rings. The first-order valence-electron chi connectivity index (χ1n) is 9.65. The first-order valence-corrected chi connectivity index (χ1v) is 10.6. The maximum atomic E-state index is 14.0. The number of methoxy groups -OCH3 is 1. The van der Waals surface area contributed by atoms with Crippen LogP contribution in [0.5, 0.6) is 5.75 Å². The van der Waals surface area contributed by atoms with Crippen molar-refractivity contribution in [3.05, 3.63) is 64.0 Å². The lowest BCUT2D eigenvalue weighted by atomic mass is 10.2. The van der Waals surface area contributed by atoms with E-state index in [0.717, 1.165) is 25.0 Å². The Kier molecular flexibility index (Phi) is 5.12. The lowest BCUT2D eigenvalue weighted by molar-refractivity contribution is 0.386. The van der Waals surface area contributed by atoms with Crippen LogP contribution in [0.4, 0.5) is 13.2 Å². The number of halogens is 3. The van der Waals surface area contributed by atoms with Gasteiger partial charge in [-0.25, -0.2) is 18.2 Å². The number of rotatable bonds is 6. The molecule has 0 spiro atoms. The van der Waals surface area contributed by atoms with Gasteiger partial charge in [-0.05, 0) is 37.1 Å². The Labute approximate surface area is 183 Å². The van der Waals surface area contributed by atoms with E-state index in [9.17, 15) is 18.0 Å². The van der Waals surface area contributed by atoms with Gasteiger partial charge in [-0.3, -0.25) is 9.36 Å². The maximum absolute atomic E-state index is 14.0. The highest BCUT2D eigenvalue weighted by molar-refractivity contribution is 7.98. The van der Waals surface area contributed by atoms with Crippen molar-refractivity contribution in [3.8, 4) is 17.1 Å². The molecule has 0 unspecified atom stereocenters. The van der Waals surface area contributed by atoms with E-state index in [1.807, 2.05) is 0 Å². The Morgan fingerprint density at radius 3 is 2.62 bits per heavy atom. The minimum atomic E-state index is -1.09. The van der Waals surface area contributed by atoms with Crippen LogP contribution in [0.1, 0.15) is 24.8 Å². The van der Waals surface area contributed by atoms with Crippen molar-refractivity contribution in [2.75, 3.05) is 7.11 Å². The molecule has 32 heavy (non-hydrogen) atoms. The Balaban J connectivity index is 1.43. The molecular formula is C21H15F3N4O3S. The van der Waals surface area contributed by atoms with Crippen molar-refractivity contribution in [3.63, 3.8) is 0 Å². The third-order valence-electron chi connectivity index (χ3n) is 5.02. The molecule has 1 aliphatic rings. The van der Waals surface area contributed by atoms with Crippen LogP contribution in [0.2, 0.25) is 0 Å². The number of aromatic nitrogens is 4. The molecule has 0 atom stereocenters. The van der Waals surface area contributed by atoms with Crippen molar-refractivity contribution < 1.29 is 22.4 Å². The zero-order valence-corrected chi connectivity index (χ0v) is 17.5. The molecule has 11 heteroatoms. The van der Waals surface area contributed by atoms with Gasteiger partial charge in [-0.2, -0.15) is 4.98 Å². The van der Waals surface area contributed by atoms with Gasteiger partial charge in [-0.15, -0.1) is 0 Å². The summed E-state index contributed by atoms with van der Waals surface area (Å²) in [6.45, 7) is 0. The Bertz CT molecular complexity index is 1400. The molecule has 0 radical (unpaired) electrons. The SMILES string of the molecule is COc1ccc(-c2noc(CSc3nc4cc(F)c(F)cc4c(=O)n3C3CC3)n2)cc1F. The molecule has 1 fully saturated rings. The van der Waals surface area contributed by atoms with E-state index in [2.05, 4.69) is 15.1 Å². The van der Waals surface area contributed by atoms with Crippen LogP contribution in [0.15, 0.2) is 44.8 Å². The third-order valence-corrected chi connectivity index (χ3v) is 5.96. The summed E-state index contributed by atoms with van der Waals surface area (Å²) in [5.74, 6) is -1.99. The van der Waals surface area contributed by atoms with Crippen molar-refractivity contribution in [2.24, 2.45) is 0 Å². The van der Waals surface area contributed by atoms with E-state index < -0.39 is 23.0 Å². The Morgan fingerprint density at radius 1 is 1.12 bits per heavy atom. The Morgan fingerprint density at radius 2 is 1.91 bits per heavy atom. The van der Waals surface area contributed by atoms with E-state index >= 15 is 0 Å². The first kappa shape index (κ1) is 20.6. The highest BCUT2D eigenvalue weighted by atomic mass is 32.2. The summed E-state index contributed by atoms with van der Waals surface area (Å²) in [4.78, 5) is 21.5. The second-order valence-corrected chi connectivity index (χ2v) is 8.18. The average Bonchev–Trinajstić information content (AvgIpc) is 3.49. The molecule has 7 nitrogen and oxygen atoms in total. The summed E-state index contributed by atoms with van der Waals surface area (Å²) in [5.41, 5.74) is 0.0755. The Hall–Kier alpha value is -3.34. The molecule has 2 aromatic heterocycles. The van der Waals surface area contributed by atoms with Gasteiger partial charge in [0, 0.05) is 17.7 Å². The molecule has 1 aliphatic carbocycles. The minimum Gasteiger partial charge on any atom is -0.494 e. The molecule has 1 saturated carbocycles. The maximum Gasteiger partial charge on any atom is 0.262 e. The van der Waals surface area contributed by atoms with Gasteiger partial charge in [-0.1, -0.05) is 16.9 Å². The van der Waals surface area contributed by atoms with E-state index in [1.54, 1.807) is 6.07 Å². The topological polar surface area (TPSA) is 83.0 Å². The second-order valence-electron chi connectivity index (χ2n) is 7.23. The van der Waals surface area contributed by atoms with Crippen LogP contribution in [-0.4, -0.2) is 26.8 Å². The molecule has 0 bridgehead atoms. The summed E-state index contributed by atoms with van der Waals surface area (Å²) in [6.07, 6.45) is 1.61. The molecule has 5 rings (SSSR count). The fourth-order valence-electron chi connectivity index (χ4n) is 3.29. The predicted octanol–water partition coefficient (Wildman–Crippen LogP) is 4.50. The van der Waals surface area contributed by atoms with Crippen molar-refractivity contribution in [1.82, 2.24) is 19.7 Å². The van der Waals surface area contributed by atoms with Crippen molar-refractivity contribution in [2.45, 2.75) is 29.8 Å². The lowest BCUT2D eigenvalue weighted by Gasteiger charge is -2.11. The summed E-state index contributed by atoms with van der Waals surface area (Å²) in [5, 5.41) is 4.25. The quantitative estimate of drug-likeness (QED) is 0.309. The van der Waals surface area contributed by atoms with Crippen molar-refractivity contribution in [1.29, 1.82) is 0 Å². The predicted molar refractivity (Wildman–Crippen MR) is 110 cm³/mol. The number of ether oxygens (including phenoxy) is 1. The average molecular weight is 460 g/mol. The van der Waals surface area contributed by atoms with Crippen LogP contribution < -0.4 is 10.3 Å². The van der Waals surface area contributed by atoms with Crippen LogP contribution in [0, 0.1) is 17.5 Å². The number of hydrogen-bond acceptors (Lipinski definition) is 7. The molecule has 2 heterocycles. The number of nitrogens with zero attached hydrogens (tertiary/aromatic N) is 4. The van der Waals surface area contributed by atoms with Crippen molar-refractivity contribution >= 4 is 22.7 Å². The molecular weight excluding hydrogens is 445 g/mol. The minimum absolute atomic E-state index is 0.0294. The fourth-order valence-corrected chi connectivity index (χ4v) is 4.20. The van der Waals surface area contributed by atoms with Gasteiger partial charge < -0.3 is 9.26 Å². The molecule has 0 aliphatic heterocycles. The summed E-state index contributed by atoms with van der Waals surface area (Å²) in [6, 6.07) is 6.07.